The number of hydrogen-bond donors (Lipinski definition) is 1. The molecule has 0 heterocycles. The monoisotopic (exact) mass is 276 g/mol. The average Bonchev–Trinajstić information content (AvgIpc) is 2.17. The summed E-state index contributed by atoms with van der Waals surface area (Å²) in [6, 6.07) is 0. The van der Waals surface area contributed by atoms with Gasteiger partial charge in [-0.25, -0.2) is 0 Å². The summed E-state index contributed by atoms with van der Waals surface area (Å²) in [7, 11) is -2.00. The van der Waals surface area contributed by atoms with Crippen molar-refractivity contribution in [2.45, 2.75) is 6.42 Å². The van der Waals surface area contributed by atoms with Gasteiger partial charge in [-0.2, -0.15) is 0 Å². The summed E-state index contributed by atoms with van der Waals surface area (Å²) in [6.45, 7) is 0.338. The molecule has 0 spiro atoms. The molecule has 0 bridgehead atoms. The molecule has 7 heteroatoms. The third-order valence-electron chi connectivity index (χ3n) is 1.77. The Bertz CT molecular complexity index is 213. The van der Waals surface area contributed by atoms with Gasteiger partial charge in [0.05, 0.1) is 18.9 Å². The van der Waals surface area contributed by atoms with Gasteiger partial charge in [0.25, 0.3) is 0 Å². The number of halogens is 2. The minimum Gasteiger partial charge on any atom is -0.481 e. The maximum Gasteiger partial charge on any atom is 0.306 e. The second-order valence-electron chi connectivity index (χ2n) is 3.00. The summed E-state index contributed by atoms with van der Waals surface area (Å²) in [6.07, 6.45) is 0.585. The smallest absolute Gasteiger partial charge is 0.306 e. The molecule has 0 aromatic rings. The molecule has 0 saturated heterocycles. The minimum atomic E-state index is -2.00. The van der Waals surface area contributed by atoms with Crippen molar-refractivity contribution in [3.63, 3.8) is 0 Å². The van der Waals surface area contributed by atoms with E-state index >= 15 is 0 Å². The molecule has 0 saturated carbocycles. The second-order valence-corrected chi connectivity index (χ2v) is 5.53. The second kappa shape index (κ2) is 9.46. The lowest BCUT2D eigenvalue weighted by Gasteiger charge is -2.10. The lowest BCUT2D eigenvalue weighted by molar-refractivity contribution is -0.141. The van der Waals surface area contributed by atoms with E-state index in [0.717, 1.165) is 0 Å². The van der Waals surface area contributed by atoms with Crippen LogP contribution in [-0.2, 0) is 14.1 Å². The molecular formula is C8H15Cl2O4P. The molecule has 0 aromatic carbocycles. The Labute approximate surface area is 99.7 Å². The Morgan fingerprint density at radius 2 is 2.07 bits per heavy atom. The number of alkyl halides is 2. The fourth-order valence-electron chi connectivity index (χ4n) is 1.02. The van der Waals surface area contributed by atoms with Crippen LogP contribution < -0.4 is 0 Å². The van der Waals surface area contributed by atoms with Gasteiger partial charge in [-0.15, -0.1) is 23.2 Å². The lowest BCUT2D eigenvalue weighted by atomic mass is 10.1. The van der Waals surface area contributed by atoms with Gasteiger partial charge in [0.2, 0.25) is 0 Å². The first-order valence-corrected chi connectivity index (χ1v) is 7.45. The van der Waals surface area contributed by atoms with Crippen molar-refractivity contribution in [3.05, 3.63) is 0 Å². The molecule has 2 atom stereocenters. The Morgan fingerprint density at radius 3 is 2.53 bits per heavy atom. The molecule has 0 aliphatic heterocycles. The normalized spacial score (nSPS) is 14.8. The summed E-state index contributed by atoms with van der Waals surface area (Å²) in [4.78, 5) is 10.7. The van der Waals surface area contributed by atoms with Crippen molar-refractivity contribution in [3.8, 4) is 0 Å². The van der Waals surface area contributed by atoms with Gasteiger partial charge in [-0.1, -0.05) is 0 Å². The zero-order valence-electron chi connectivity index (χ0n) is 8.25. The van der Waals surface area contributed by atoms with E-state index in [2.05, 4.69) is 0 Å². The lowest BCUT2D eigenvalue weighted by Crippen LogP contribution is -2.17. The highest BCUT2D eigenvalue weighted by atomic mass is 35.5. The zero-order chi connectivity index (χ0) is 11.7. The van der Waals surface area contributed by atoms with Crippen molar-refractivity contribution in [2.24, 2.45) is 5.92 Å². The summed E-state index contributed by atoms with van der Waals surface area (Å²) >= 11 is 10.8. The molecule has 15 heavy (non-hydrogen) atoms. The summed E-state index contributed by atoms with van der Waals surface area (Å²) in [5, 5.41) is 8.78. The molecule has 0 aliphatic rings. The van der Waals surface area contributed by atoms with Crippen LogP contribution in [0.1, 0.15) is 6.42 Å². The quantitative estimate of drug-likeness (QED) is 0.398. The summed E-state index contributed by atoms with van der Waals surface area (Å²) in [5.41, 5.74) is 0. The van der Waals surface area contributed by atoms with Crippen LogP contribution in [0.2, 0.25) is 0 Å². The molecule has 0 aliphatic carbocycles. The Hall–Kier alpha value is 0.240. The highest BCUT2D eigenvalue weighted by Gasteiger charge is 2.19. The Balaban J connectivity index is 3.84. The zero-order valence-corrected chi connectivity index (χ0v) is 10.8. The predicted octanol–water partition coefficient (Wildman–Crippen LogP) is 2.09. The molecule has 0 rings (SSSR count). The van der Waals surface area contributed by atoms with Crippen molar-refractivity contribution in [1.82, 2.24) is 0 Å². The van der Waals surface area contributed by atoms with E-state index in [9.17, 15) is 9.36 Å². The third kappa shape index (κ3) is 8.09. The van der Waals surface area contributed by atoms with Crippen molar-refractivity contribution >= 4 is 37.0 Å². The molecule has 90 valence electrons. The topological polar surface area (TPSA) is 63.6 Å². The van der Waals surface area contributed by atoms with Crippen molar-refractivity contribution < 1.29 is 19.2 Å². The van der Waals surface area contributed by atoms with Gasteiger partial charge in [0.15, 0.2) is 0 Å². The summed E-state index contributed by atoms with van der Waals surface area (Å²) < 4.78 is 16.4. The Morgan fingerprint density at radius 1 is 1.40 bits per heavy atom. The predicted molar refractivity (Wildman–Crippen MR) is 61.9 cm³/mol. The first kappa shape index (κ1) is 15.2. The molecule has 0 radical (unpaired) electrons. The van der Waals surface area contributed by atoms with Crippen LogP contribution in [0.15, 0.2) is 0 Å². The van der Waals surface area contributed by atoms with Gasteiger partial charge in [-0.3, -0.25) is 4.79 Å². The van der Waals surface area contributed by atoms with E-state index < -0.39 is 19.7 Å². The van der Waals surface area contributed by atoms with E-state index in [1.807, 2.05) is 0 Å². The highest BCUT2D eigenvalue weighted by molar-refractivity contribution is 7.44. The molecule has 4 nitrogen and oxygen atoms in total. The van der Waals surface area contributed by atoms with E-state index in [0.29, 0.717) is 18.9 Å². The maximum absolute atomic E-state index is 11.4. The van der Waals surface area contributed by atoms with Gasteiger partial charge in [0, 0.05) is 17.9 Å². The van der Waals surface area contributed by atoms with Gasteiger partial charge < -0.3 is 14.4 Å². The first-order valence-electron chi connectivity index (χ1n) is 4.56. The van der Waals surface area contributed by atoms with Crippen LogP contribution in [0.5, 0.6) is 0 Å². The van der Waals surface area contributed by atoms with E-state index in [-0.39, 0.29) is 18.4 Å². The van der Waals surface area contributed by atoms with Crippen LogP contribution >= 0.6 is 31.0 Å². The van der Waals surface area contributed by atoms with Gasteiger partial charge in [0.1, 0.15) is 7.80 Å². The fraction of sp³-hybridized carbons (Fsp3) is 0.875. The number of hydrogen-bond acceptors (Lipinski definition) is 3. The molecular weight excluding hydrogens is 262 g/mol. The fourth-order valence-corrected chi connectivity index (χ4v) is 2.81. The molecule has 0 aromatic heterocycles. The first-order chi connectivity index (χ1) is 7.11. The third-order valence-corrected chi connectivity index (χ3v) is 3.61. The molecule has 2 unspecified atom stereocenters. The van der Waals surface area contributed by atoms with E-state index in [1.54, 1.807) is 0 Å². The molecule has 0 amide bonds. The number of aliphatic carboxylic acids is 1. The van der Waals surface area contributed by atoms with Crippen LogP contribution in [0.3, 0.4) is 0 Å². The van der Waals surface area contributed by atoms with Crippen LogP contribution in [0.4, 0.5) is 0 Å². The molecule has 0 fully saturated rings. The van der Waals surface area contributed by atoms with Crippen LogP contribution in [0, 0.1) is 5.92 Å². The number of carbonyl (C=O) groups is 1. The SMILES string of the molecule is O=C(O)C(CCCl)C[PH](=O)COCCCl. The van der Waals surface area contributed by atoms with E-state index in [1.165, 1.54) is 0 Å². The maximum atomic E-state index is 11.4. The number of carboxylic acid groups (broad SMARTS) is 1. The molecule has 1 N–H and O–H groups in total. The average molecular weight is 277 g/mol. The minimum absolute atomic E-state index is 0.101. The number of carboxylic acids is 1. The highest BCUT2D eigenvalue weighted by Crippen LogP contribution is 2.26. The van der Waals surface area contributed by atoms with Crippen molar-refractivity contribution in [1.29, 1.82) is 0 Å². The van der Waals surface area contributed by atoms with Crippen LogP contribution in [0.25, 0.3) is 0 Å². The van der Waals surface area contributed by atoms with Crippen molar-refractivity contribution in [2.75, 3.05) is 30.9 Å². The van der Waals surface area contributed by atoms with E-state index in [4.69, 9.17) is 33.0 Å². The largest absolute Gasteiger partial charge is 0.481 e. The Kier molecular flexibility index (Phi) is 9.62. The standard InChI is InChI=1S/C8H15Cl2O4P/c9-2-1-7(8(11)12)5-15(13)6-14-4-3-10/h7,15H,1-6H2,(H,11,12). The van der Waals surface area contributed by atoms with Crippen LogP contribution in [-0.4, -0.2) is 42.0 Å². The summed E-state index contributed by atoms with van der Waals surface area (Å²) in [5.74, 6) is -0.978. The van der Waals surface area contributed by atoms with Gasteiger partial charge >= 0.3 is 5.97 Å². The van der Waals surface area contributed by atoms with Gasteiger partial charge in [-0.05, 0) is 6.42 Å². The number of ether oxygens (including phenoxy) is 1. The number of rotatable bonds is 9.